The van der Waals surface area contributed by atoms with Crippen molar-refractivity contribution in [2.75, 3.05) is 31.1 Å². The average molecular weight is 488 g/mol. The van der Waals surface area contributed by atoms with Crippen LogP contribution in [0.4, 0.5) is 5.69 Å². The average Bonchev–Trinajstić information content (AvgIpc) is 3.38. The predicted octanol–water partition coefficient (Wildman–Crippen LogP) is 5.81. The summed E-state index contributed by atoms with van der Waals surface area (Å²) in [7, 11) is 0. The molecule has 1 aromatic heterocycles. The maximum Gasteiger partial charge on any atom is 0.340 e. The maximum atomic E-state index is 12.8. The lowest BCUT2D eigenvalue weighted by Gasteiger charge is -2.29. The van der Waals surface area contributed by atoms with Gasteiger partial charge in [-0.15, -0.1) is 0 Å². The van der Waals surface area contributed by atoms with Crippen molar-refractivity contribution >= 4 is 11.7 Å². The van der Waals surface area contributed by atoms with Gasteiger partial charge in [-0.3, -0.25) is 9.88 Å². The number of carbonyl (C=O) groups is 1. The van der Waals surface area contributed by atoms with E-state index in [1.807, 2.05) is 32.9 Å². The van der Waals surface area contributed by atoms with Crippen LogP contribution in [-0.2, 0) is 11.3 Å². The highest BCUT2D eigenvalue weighted by Gasteiger charge is 2.29. The van der Waals surface area contributed by atoms with Crippen molar-refractivity contribution in [3.63, 3.8) is 0 Å². The topological polar surface area (TPSA) is 54.9 Å². The quantitative estimate of drug-likeness (QED) is 0.336. The summed E-state index contributed by atoms with van der Waals surface area (Å²) in [6.07, 6.45) is 4.26. The lowest BCUT2D eigenvalue weighted by molar-refractivity contribution is 0.0378. The van der Waals surface area contributed by atoms with Crippen LogP contribution in [0, 0.1) is 0 Å². The number of benzene rings is 2. The molecule has 0 amide bonds. The maximum absolute atomic E-state index is 12.8. The number of anilines is 1. The second-order valence-corrected chi connectivity index (χ2v) is 9.42. The summed E-state index contributed by atoms with van der Waals surface area (Å²) >= 11 is 0. The van der Waals surface area contributed by atoms with E-state index in [9.17, 15) is 4.79 Å². The van der Waals surface area contributed by atoms with Crippen LogP contribution < -0.4 is 9.64 Å². The molecule has 3 aromatic rings. The summed E-state index contributed by atoms with van der Waals surface area (Å²) in [4.78, 5) is 22.0. The molecule has 1 saturated heterocycles. The summed E-state index contributed by atoms with van der Waals surface area (Å²) in [5.74, 6) is 0.579. The molecule has 0 bridgehead atoms. The number of pyridine rings is 1. The molecule has 1 atom stereocenters. The fourth-order valence-electron chi connectivity index (χ4n) is 4.90. The van der Waals surface area contributed by atoms with Crippen LogP contribution in [0.15, 0.2) is 67.0 Å². The SMILES string of the molecule is CCOc1ccc(CN(CC)[C@@H]2CCN(c3ccccc3-c3ccncc3C(=O)OC(C)C)C2)cc1. The van der Waals surface area contributed by atoms with Crippen LogP contribution in [0.25, 0.3) is 11.1 Å². The Kier molecular flexibility index (Phi) is 8.60. The Balaban J connectivity index is 1.52. The summed E-state index contributed by atoms with van der Waals surface area (Å²) in [6, 6.07) is 19.1. The van der Waals surface area contributed by atoms with E-state index in [-0.39, 0.29) is 12.1 Å². The fourth-order valence-corrected chi connectivity index (χ4v) is 4.90. The molecular weight excluding hydrogens is 450 g/mol. The molecule has 1 aliphatic rings. The molecule has 36 heavy (non-hydrogen) atoms. The number of esters is 1. The normalized spacial score (nSPS) is 15.5. The Morgan fingerprint density at radius 3 is 2.58 bits per heavy atom. The van der Waals surface area contributed by atoms with E-state index in [1.54, 1.807) is 12.4 Å². The third-order valence-electron chi connectivity index (χ3n) is 6.62. The van der Waals surface area contributed by atoms with Crippen molar-refractivity contribution in [1.82, 2.24) is 9.88 Å². The highest BCUT2D eigenvalue weighted by atomic mass is 16.5. The van der Waals surface area contributed by atoms with Gasteiger partial charge >= 0.3 is 5.97 Å². The lowest BCUT2D eigenvalue weighted by atomic mass is 9.99. The van der Waals surface area contributed by atoms with Crippen molar-refractivity contribution < 1.29 is 14.3 Å². The first-order valence-electron chi connectivity index (χ1n) is 12.9. The minimum atomic E-state index is -0.338. The van der Waals surface area contributed by atoms with Crippen LogP contribution >= 0.6 is 0 Å². The largest absolute Gasteiger partial charge is 0.494 e. The van der Waals surface area contributed by atoms with Gasteiger partial charge in [-0.05, 0) is 63.6 Å². The molecule has 0 unspecified atom stereocenters. The number of para-hydroxylation sites is 1. The first kappa shape index (κ1) is 25.7. The zero-order valence-corrected chi connectivity index (χ0v) is 21.8. The van der Waals surface area contributed by atoms with Crippen molar-refractivity contribution in [1.29, 1.82) is 0 Å². The molecule has 0 spiro atoms. The van der Waals surface area contributed by atoms with Gasteiger partial charge in [0.15, 0.2) is 0 Å². The molecule has 0 saturated carbocycles. The van der Waals surface area contributed by atoms with Crippen molar-refractivity contribution in [3.05, 3.63) is 78.1 Å². The predicted molar refractivity (Wildman–Crippen MR) is 145 cm³/mol. The third-order valence-corrected chi connectivity index (χ3v) is 6.62. The van der Waals surface area contributed by atoms with Gasteiger partial charge < -0.3 is 14.4 Å². The standard InChI is InChI=1S/C30H37N3O3/c1-5-32(20-23-11-13-25(14-12-23)35-6-2)24-16-18-33(21-24)29-10-8-7-9-27(29)26-15-17-31-19-28(26)30(34)36-22(3)4/h7-15,17,19,22,24H,5-6,16,18,20-21H2,1-4H3/t24-/m1/s1. The highest BCUT2D eigenvalue weighted by Crippen LogP contribution is 2.35. The molecule has 0 N–H and O–H groups in total. The monoisotopic (exact) mass is 487 g/mol. The number of nitrogens with zero attached hydrogens (tertiary/aromatic N) is 3. The van der Waals surface area contributed by atoms with E-state index in [4.69, 9.17) is 9.47 Å². The van der Waals surface area contributed by atoms with Gasteiger partial charge in [0.25, 0.3) is 0 Å². The van der Waals surface area contributed by atoms with E-state index in [0.717, 1.165) is 55.2 Å². The first-order valence-corrected chi connectivity index (χ1v) is 12.9. The number of hydrogen-bond donors (Lipinski definition) is 0. The van der Waals surface area contributed by atoms with Gasteiger partial charge in [0.05, 0.1) is 18.3 Å². The Morgan fingerprint density at radius 2 is 1.86 bits per heavy atom. The molecule has 0 radical (unpaired) electrons. The van der Waals surface area contributed by atoms with Crippen LogP contribution in [0.5, 0.6) is 5.75 Å². The van der Waals surface area contributed by atoms with Crippen LogP contribution in [-0.4, -0.2) is 54.2 Å². The van der Waals surface area contributed by atoms with Gasteiger partial charge in [0, 0.05) is 54.9 Å². The second kappa shape index (κ2) is 12.0. The minimum Gasteiger partial charge on any atom is -0.494 e. The van der Waals surface area contributed by atoms with E-state index in [2.05, 4.69) is 64.2 Å². The Bertz CT molecular complexity index is 1150. The first-order chi connectivity index (χ1) is 17.5. The molecule has 1 fully saturated rings. The van der Waals surface area contributed by atoms with Crippen molar-refractivity contribution in [3.8, 4) is 16.9 Å². The fraction of sp³-hybridized carbons (Fsp3) is 0.400. The van der Waals surface area contributed by atoms with Crippen molar-refractivity contribution in [2.24, 2.45) is 0 Å². The van der Waals surface area contributed by atoms with E-state index in [1.165, 1.54) is 5.56 Å². The number of hydrogen-bond acceptors (Lipinski definition) is 6. The molecule has 2 aromatic carbocycles. The Labute approximate surface area is 214 Å². The minimum absolute atomic E-state index is 0.185. The molecule has 1 aliphatic heterocycles. The third kappa shape index (κ3) is 6.05. The van der Waals surface area contributed by atoms with Gasteiger partial charge in [-0.1, -0.05) is 37.3 Å². The number of likely N-dealkylation sites (N-methyl/N-ethyl adjacent to an activating group) is 1. The smallest absolute Gasteiger partial charge is 0.340 e. The van der Waals surface area contributed by atoms with Gasteiger partial charge in [0.2, 0.25) is 0 Å². The number of carbonyl (C=O) groups excluding carboxylic acids is 1. The number of aromatic nitrogens is 1. The van der Waals surface area contributed by atoms with Crippen LogP contribution in [0.1, 0.15) is 50.0 Å². The van der Waals surface area contributed by atoms with E-state index >= 15 is 0 Å². The second-order valence-electron chi connectivity index (χ2n) is 9.42. The lowest BCUT2D eigenvalue weighted by Crippen LogP contribution is -2.37. The highest BCUT2D eigenvalue weighted by molar-refractivity contribution is 5.99. The summed E-state index contributed by atoms with van der Waals surface area (Å²) in [5, 5.41) is 0. The summed E-state index contributed by atoms with van der Waals surface area (Å²) in [6.45, 7) is 12.5. The number of rotatable bonds is 10. The molecule has 6 nitrogen and oxygen atoms in total. The molecule has 190 valence electrons. The molecule has 4 rings (SSSR count). The van der Waals surface area contributed by atoms with Gasteiger partial charge in [-0.2, -0.15) is 0 Å². The summed E-state index contributed by atoms with van der Waals surface area (Å²) < 4.78 is 11.1. The van der Waals surface area contributed by atoms with Crippen LogP contribution in [0.2, 0.25) is 0 Å². The Morgan fingerprint density at radius 1 is 1.08 bits per heavy atom. The van der Waals surface area contributed by atoms with Gasteiger partial charge in [0.1, 0.15) is 5.75 Å². The molecule has 6 heteroatoms. The van der Waals surface area contributed by atoms with E-state index < -0.39 is 0 Å². The molecular formula is C30H37N3O3. The van der Waals surface area contributed by atoms with Crippen LogP contribution in [0.3, 0.4) is 0 Å². The molecule has 0 aliphatic carbocycles. The molecule has 2 heterocycles. The zero-order valence-electron chi connectivity index (χ0n) is 21.8. The number of ether oxygens (including phenoxy) is 2. The Hall–Kier alpha value is -3.38. The van der Waals surface area contributed by atoms with Crippen molar-refractivity contribution in [2.45, 2.75) is 52.8 Å². The van der Waals surface area contributed by atoms with Gasteiger partial charge in [-0.25, -0.2) is 4.79 Å². The summed E-state index contributed by atoms with van der Waals surface area (Å²) in [5.41, 5.74) is 4.83. The zero-order chi connectivity index (χ0) is 25.5. The van der Waals surface area contributed by atoms with E-state index in [0.29, 0.717) is 18.2 Å².